The van der Waals surface area contributed by atoms with Crippen molar-refractivity contribution in [2.45, 2.75) is 6.04 Å². The lowest BCUT2D eigenvalue weighted by molar-refractivity contribution is -0.118. The molecule has 0 radical (unpaired) electrons. The Balaban J connectivity index is 1.52. The number of ketones is 2. The maximum atomic E-state index is 12.9. The SMILES string of the molecule is COc1cccc(NC(=O)C(CO)NC(=O)c2ccc3c(c2)C(=O)c2ccccc2C3=O)c1. The van der Waals surface area contributed by atoms with Gasteiger partial charge in [-0.15, -0.1) is 0 Å². The molecule has 1 aliphatic carbocycles. The summed E-state index contributed by atoms with van der Waals surface area (Å²) in [5, 5.41) is 14.7. The fourth-order valence-electron chi connectivity index (χ4n) is 3.61. The van der Waals surface area contributed by atoms with Crippen LogP contribution in [-0.4, -0.2) is 48.2 Å². The Morgan fingerprint density at radius 3 is 2.21 bits per heavy atom. The Kier molecular flexibility index (Phi) is 6.01. The van der Waals surface area contributed by atoms with E-state index in [4.69, 9.17) is 4.74 Å². The van der Waals surface area contributed by atoms with Gasteiger partial charge < -0.3 is 20.5 Å². The van der Waals surface area contributed by atoms with Crippen molar-refractivity contribution in [1.82, 2.24) is 5.32 Å². The minimum absolute atomic E-state index is 0.0851. The molecule has 0 saturated heterocycles. The topological polar surface area (TPSA) is 122 Å². The largest absolute Gasteiger partial charge is 0.497 e. The summed E-state index contributed by atoms with van der Waals surface area (Å²) in [6.45, 7) is -0.642. The van der Waals surface area contributed by atoms with Gasteiger partial charge in [0.15, 0.2) is 11.6 Å². The molecule has 166 valence electrons. The Bertz CT molecular complexity index is 1280. The number of fused-ring (bicyclic) bond motifs is 2. The number of benzene rings is 3. The maximum Gasteiger partial charge on any atom is 0.252 e. The van der Waals surface area contributed by atoms with Crippen molar-refractivity contribution < 1.29 is 29.0 Å². The standard InChI is InChI=1S/C25H20N2O6/c1-33-16-6-4-5-15(12-16)26-25(32)21(13-28)27-24(31)14-9-10-19-20(11-14)23(30)18-8-3-2-7-17(18)22(19)29/h2-12,21,28H,13H2,1H3,(H,26,32)(H,27,31). The first kappa shape index (κ1) is 21.9. The highest BCUT2D eigenvalue weighted by molar-refractivity contribution is 6.28. The van der Waals surface area contributed by atoms with Crippen LogP contribution in [0.4, 0.5) is 5.69 Å². The maximum absolute atomic E-state index is 12.9. The zero-order valence-electron chi connectivity index (χ0n) is 17.6. The fraction of sp³-hybridized carbons (Fsp3) is 0.120. The van der Waals surface area contributed by atoms with E-state index in [1.165, 1.54) is 25.3 Å². The molecule has 2 amide bonds. The molecule has 0 saturated carbocycles. The number of nitrogens with one attached hydrogen (secondary N) is 2. The molecular formula is C25H20N2O6. The number of aliphatic hydroxyl groups excluding tert-OH is 1. The second kappa shape index (κ2) is 9.05. The number of hydrogen-bond acceptors (Lipinski definition) is 6. The van der Waals surface area contributed by atoms with Gasteiger partial charge in [0.25, 0.3) is 5.91 Å². The minimum Gasteiger partial charge on any atom is -0.497 e. The third-order valence-corrected chi connectivity index (χ3v) is 5.33. The lowest BCUT2D eigenvalue weighted by Crippen LogP contribution is -2.46. The summed E-state index contributed by atoms with van der Waals surface area (Å²) in [5.41, 5.74) is 1.45. The van der Waals surface area contributed by atoms with Crippen molar-refractivity contribution in [3.63, 3.8) is 0 Å². The van der Waals surface area contributed by atoms with Crippen LogP contribution in [0.2, 0.25) is 0 Å². The number of anilines is 1. The van der Waals surface area contributed by atoms with Gasteiger partial charge in [-0.2, -0.15) is 0 Å². The van der Waals surface area contributed by atoms with Gasteiger partial charge in [0.05, 0.1) is 13.7 Å². The summed E-state index contributed by atoms with van der Waals surface area (Å²) in [4.78, 5) is 50.9. The molecule has 0 bridgehead atoms. The predicted molar refractivity (Wildman–Crippen MR) is 120 cm³/mol. The molecule has 3 aromatic rings. The quantitative estimate of drug-likeness (QED) is 0.419. The van der Waals surface area contributed by atoms with E-state index in [0.717, 1.165) is 0 Å². The Morgan fingerprint density at radius 1 is 0.879 bits per heavy atom. The number of hydrogen-bond donors (Lipinski definition) is 3. The van der Waals surface area contributed by atoms with Gasteiger partial charge in [-0.1, -0.05) is 30.3 Å². The van der Waals surface area contributed by atoms with Crippen molar-refractivity contribution in [1.29, 1.82) is 0 Å². The van der Waals surface area contributed by atoms with E-state index in [2.05, 4.69) is 10.6 Å². The van der Waals surface area contributed by atoms with E-state index in [1.807, 2.05) is 0 Å². The number of ether oxygens (including phenoxy) is 1. The van der Waals surface area contributed by atoms with E-state index < -0.39 is 24.5 Å². The van der Waals surface area contributed by atoms with Gasteiger partial charge in [-0.25, -0.2) is 0 Å². The first-order valence-electron chi connectivity index (χ1n) is 10.1. The molecule has 8 nitrogen and oxygen atoms in total. The fourth-order valence-corrected chi connectivity index (χ4v) is 3.61. The molecule has 1 aliphatic rings. The third kappa shape index (κ3) is 4.24. The molecule has 33 heavy (non-hydrogen) atoms. The highest BCUT2D eigenvalue weighted by atomic mass is 16.5. The molecule has 1 unspecified atom stereocenters. The van der Waals surface area contributed by atoms with Gasteiger partial charge >= 0.3 is 0 Å². The second-order valence-corrected chi connectivity index (χ2v) is 7.39. The smallest absolute Gasteiger partial charge is 0.252 e. The highest BCUT2D eigenvalue weighted by Crippen LogP contribution is 2.28. The van der Waals surface area contributed by atoms with Crippen LogP contribution in [-0.2, 0) is 4.79 Å². The van der Waals surface area contributed by atoms with Crippen molar-refractivity contribution in [2.75, 3.05) is 19.0 Å². The van der Waals surface area contributed by atoms with Crippen LogP contribution in [0, 0.1) is 0 Å². The molecule has 0 fully saturated rings. The normalized spacial score (nSPS) is 12.9. The van der Waals surface area contributed by atoms with Crippen LogP contribution in [0.25, 0.3) is 0 Å². The molecule has 0 heterocycles. The molecule has 4 rings (SSSR count). The first-order valence-corrected chi connectivity index (χ1v) is 10.1. The molecule has 3 aromatic carbocycles. The number of amides is 2. The number of rotatable bonds is 6. The number of methoxy groups -OCH3 is 1. The molecule has 0 aliphatic heterocycles. The van der Waals surface area contributed by atoms with Crippen molar-refractivity contribution in [2.24, 2.45) is 0 Å². The van der Waals surface area contributed by atoms with E-state index in [9.17, 15) is 24.3 Å². The average Bonchev–Trinajstić information content (AvgIpc) is 2.85. The monoisotopic (exact) mass is 444 g/mol. The summed E-state index contributed by atoms with van der Waals surface area (Å²) in [6.07, 6.45) is 0. The van der Waals surface area contributed by atoms with Crippen LogP contribution in [0.5, 0.6) is 5.75 Å². The summed E-state index contributed by atoms with van der Waals surface area (Å²) in [6, 6.07) is 16.0. The van der Waals surface area contributed by atoms with Gasteiger partial charge in [-0.3, -0.25) is 19.2 Å². The summed E-state index contributed by atoms with van der Waals surface area (Å²) in [5.74, 6) is -1.41. The van der Waals surface area contributed by atoms with Crippen molar-refractivity contribution in [3.8, 4) is 5.75 Å². The third-order valence-electron chi connectivity index (χ3n) is 5.33. The molecule has 0 aromatic heterocycles. The van der Waals surface area contributed by atoms with Crippen molar-refractivity contribution in [3.05, 3.63) is 94.5 Å². The predicted octanol–water partition coefficient (Wildman–Crippen LogP) is 2.20. The van der Waals surface area contributed by atoms with Crippen LogP contribution < -0.4 is 15.4 Å². The minimum atomic E-state index is -1.24. The average molecular weight is 444 g/mol. The summed E-state index contributed by atoms with van der Waals surface area (Å²) >= 11 is 0. The van der Waals surface area contributed by atoms with Crippen LogP contribution in [0.1, 0.15) is 42.2 Å². The van der Waals surface area contributed by atoms with E-state index >= 15 is 0 Å². The summed E-state index contributed by atoms with van der Waals surface area (Å²) < 4.78 is 5.11. The van der Waals surface area contributed by atoms with Crippen molar-refractivity contribution >= 4 is 29.1 Å². The Labute approximate surface area is 189 Å². The number of aliphatic hydroxyl groups is 1. The number of carbonyl (C=O) groups is 4. The Hall–Kier alpha value is -4.30. The Morgan fingerprint density at radius 2 is 1.55 bits per heavy atom. The highest BCUT2D eigenvalue weighted by Gasteiger charge is 2.30. The lowest BCUT2D eigenvalue weighted by atomic mass is 9.83. The molecular weight excluding hydrogens is 424 g/mol. The lowest BCUT2D eigenvalue weighted by Gasteiger charge is -2.19. The second-order valence-electron chi connectivity index (χ2n) is 7.39. The van der Waals surface area contributed by atoms with Gasteiger partial charge in [0.2, 0.25) is 5.91 Å². The van der Waals surface area contributed by atoms with Gasteiger partial charge in [0.1, 0.15) is 11.8 Å². The zero-order chi connectivity index (χ0) is 23.5. The van der Waals surface area contributed by atoms with E-state index in [1.54, 1.807) is 48.5 Å². The molecule has 0 spiro atoms. The first-order chi connectivity index (χ1) is 15.9. The molecule has 8 heteroatoms. The molecule has 1 atom stereocenters. The van der Waals surface area contributed by atoms with E-state index in [-0.39, 0.29) is 33.8 Å². The van der Waals surface area contributed by atoms with Crippen LogP contribution in [0.3, 0.4) is 0 Å². The van der Waals surface area contributed by atoms with E-state index in [0.29, 0.717) is 17.0 Å². The van der Waals surface area contributed by atoms with Gasteiger partial charge in [-0.05, 0) is 30.3 Å². The summed E-state index contributed by atoms with van der Waals surface area (Å²) in [7, 11) is 1.49. The van der Waals surface area contributed by atoms with Crippen LogP contribution in [0.15, 0.2) is 66.7 Å². The van der Waals surface area contributed by atoms with Crippen LogP contribution >= 0.6 is 0 Å². The van der Waals surface area contributed by atoms with Gasteiger partial charge in [0, 0.05) is 39.6 Å². The zero-order valence-corrected chi connectivity index (χ0v) is 17.6. The molecule has 3 N–H and O–H groups in total. The number of carbonyl (C=O) groups excluding carboxylic acids is 4.